The molecule has 4 nitrogen and oxygen atoms in total. The molecular formula is C15H23N3O. The largest absolute Gasteiger partial charge is 0.497 e. The van der Waals surface area contributed by atoms with Gasteiger partial charge in [0, 0.05) is 38.3 Å². The van der Waals surface area contributed by atoms with Crippen LogP contribution in [-0.4, -0.2) is 56.2 Å². The molecule has 4 heteroatoms. The number of piperazine rings is 1. The molecule has 1 aliphatic carbocycles. The molecule has 1 aromatic carbocycles. The smallest absolute Gasteiger partial charge is 0.119 e. The van der Waals surface area contributed by atoms with Crippen LogP contribution in [0.25, 0.3) is 0 Å². The van der Waals surface area contributed by atoms with Crippen molar-refractivity contribution in [1.82, 2.24) is 9.80 Å². The summed E-state index contributed by atoms with van der Waals surface area (Å²) in [5.41, 5.74) is 9.12. The number of fused-ring (bicyclic) bond motifs is 1. The highest BCUT2D eigenvalue weighted by Crippen LogP contribution is 2.35. The van der Waals surface area contributed by atoms with Crippen molar-refractivity contribution in [2.45, 2.75) is 18.5 Å². The fourth-order valence-electron chi connectivity index (χ4n) is 3.27. The van der Waals surface area contributed by atoms with Gasteiger partial charge >= 0.3 is 0 Å². The third kappa shape index (κ3) is 2.36. The van der Waals surface area contributed by atoms with E-state index in [1.54, 1.807) is 7.11 Å². The molecule has 0 saturated carbocycles. The van der Waals surface area contributed by atoms with Gasteiger partial charge in [0.05, 0.1) is 7.11 Å². The number of hydrogen-bond donors (Lipinski definition) is 1. The average Bonchev–Trinajstić information content (AvgIpc) is 2.76. The lowest BCUT2D eigenvalue weighted by Gasteiger charge is -2.38. The Bertz CT molecular complexity index is 455. The summed E-state index contributed by atoms with van der Waals surface area (Å²) in [6.45, 7) is 4.53. The molecule has 0 amide bonds. The number of rotatable bonds is 2. The molecule has 1 saturated heterocycles. The zero-order chi connectivity index (χ0) is 13.4. The number of benzene rings is 1. The first-order chi connectivity index (χ1) is 9.19. The Balaban J connectivity index is 1.77. The molecule has 1 heterocycles. The Hall–Kier alpha value is -1.10. The van der Waals surface area contributed by atoms with Gasteiger partial charge in [-0.25, -0.2) is 0 Å². The zero-order valence-electron chi connectivity index (χ0n) is 11.8. The third-order valence-corrected chi connectivity index (χ3v) is 4.56. The number of hydrogen-bond acceptors (Lipinski definition) is 4. The molecule has 1 aromatic rings. The summed E-state index contributed by atoms with van der Waals surface area (Å²) in [6.07, 6.45) is 1.07. The van der Waals surface area contributed by atoms with E-state index in [1.807, 2.05) is 6.07 Å². The van der Waals surface area contributed by atoms with E-state index in [9.17, 15) is 0 Å². The van der Waals surface area contributed by atoms with Crippen molar-refractivity contribution in [1.29, 1.82) is 0 Å². The number of nitrogens with two attached hydrogens (primary N) is 1. The second-order valence-electron chi connectivity index (χ2n) is 5.70. The molecular weight excluding hydrogens is 238 g/mol. The standard InChI is InChI=1S/C15H23N3O/c1-17-5-7-18(8-6-17)14-9-11-3-4-12(19-2)10-13(11)15(14)16/h3-4,10,14-15H,5-9,16H2,1-2H3. The highest BCUT2D eigenvalue weighted by atomic mass is 16.5. The first-order valence-electron chi connectivity index (χ1n) is 7.04. The minimum atomic E-state index is 0.119. The van der Waals surface area contributed by atoms with Crippen LogP contribution in [0.15, 0.2) is 18.2 Å². The van der Waals surface area contributed by atoms with Crippen molar-refractivity contribution in [3.05, 3.63) is 29.3 Å². The van der Waals surface area contributed by atoms with Crippen LogP contribution in [0.3, 0.4) is 0 Å². The Morgan fingerprint density at radius 2 is 1.95 bits per heavy atom. The van der Waals surface area contributed by atoms with Crippen LogP contribution in [0, 0.1) is 0 Å². The van der Waals surface area contributed by atoms with Crippen molar-refractivity contribution >= 4 is 0 Å². The highest BCUT2D eigenvalue weighted by molar-refractivity contribution is 5.42. The maximum Gasteiger partial charge on any atom is 0.119 e. The summed E-state index contributed by atoms with van der Waals surface area (Å²) in [5, 5.41) is 0. The number of likely N-dealkylation sites (N-methyl/N-ethyl adjacent to an activating group) is 1. The molecule has 3 rings (SSSR count). The summed E-state index contributed by atoms with van der Waals surface area (Å²) in [4.78, 5) is 4.93. The molecule has 19 heavy (non-hydrogen) atoms. The second kappa shape index (κ2) is 5.12. The molecule has 0 bridgehead atoms. The van der Waals surface area contributed by atoms with E-state index >= 15 is 0 Å². The topological polar surface area (TPSA) is 41.7 Å². The number of ether oxygens (including phenoxy) is 1. The van der Waals surface area contributed by atoms with E-state index in [1.165, 1.54) is 11.1 Å². The fourth-order valence-corrected chi connectivity index (χ4v) is 3.27. The molecule has 0 spiro atoms. The lowest BCUT2D eigenvalue weighted by Crippen LogP contribution is -2.51. The monoisotopic (exact) mass is 261 g/mol. The van der Waals surface area contributed by atoms with Crippen molar-refractivity contribution in [2.24, 2.45) is 5.73 Å². The van der Waals surface area contributed by atoms with Crippen molar-refractivity contribution < 1.29 is 4.74 Å². The Labute approximate surface area is 115 Å². The minimum absolute atomic E-state index is 0.119. The summed E-state index contributed by atoms with van der Waals surface area (Å²) >= 11 is 0. The van der Waals surface area contributed by atoms with Gasteiger partial charge in [0.25, 0.3) is 0 Å². The van der Waals surface area contributed by atoms with E-state index < -0.39 is 0 Å². The minimum Gasteiger partial charge on any atom is -0.497 e. The molecule has 2 unspecified atom stereocenters. The van der Waals surface area contributed by atoms with Crippen molar-refractivity contribution in [2.75, 3.05) is 40.3 Å². The van der Waals surface area contributed by atoms with E-state index in [0.29, 0.717) is 6.04 Å². The molecule has 1 fully saturated rings. The van der Waals surface area contributed by atoms with Gasteiger partial charge in [-0.2, -0.15) is 0 Å². The van der Waals surface area contributed by atoms with Gasteiger partial charge in [0.15, 0.2) is 0 Å². The lowest BCUT2D eigenvalue weighted by molar-refractivity contribution is 0.103. The van der Waals surface area contributed by atoms with Crippen LogP contribution in [0.5, 0.6) is 5.75 Å². The van der Waals surface area contributed by atoms with Crippen molar-refractivity contribution in [3.8, 4) is 5.75 Å². The molecule has 0 radical (unpaired) electrons. The first-order valence-corrected chi connectivity index (χ1v) is 7.04. The Kier molecular flexibility index (Phi) is 3.48. The van der Waals surface area contributed by atoms with E-state index in [4.69, 9.17) is 10.5 Å². The SMILES string of the molecule is COc1ccc2c(c1)C(N)C(N1CCN(C)CC1)C2. The maximum atomic E-state index is 6.47. The van der Waals surface area contributed by atoms with Gasteiger partial charge < -0.3 is 15.4 Å². The molecule has 2 atom stereocenters. The maximum absolute atomic E-state index is 6.47. The summed E-state index contributed by atoms with van der Waals surface area (Å²) in [5.74, 6) is 0.910. The summed E-state index contributed by atoms with van der Waals surface area (Å²) in [6, 6.07) is 6.89. The highest BCUT2D eigenvalue weighted by Gasteiger charge is 2.35. The van der Waals surface area contributed by atoms with Crippen LogP contribution in [-0.2, 0) is 6.42 Å². The van der Waals surface area contributed by atoms with Gasteiger partial charge in [-0.15, -0.1) is 0 Å². The van der Waals surface area contributed by atoms with Gasteiger partial charge in [-0.05, 0) is 36.7 Å². The van der Waals surface area contributed by atoms with Gasteiger partial charge in [0.1, 0.15) is 5.75 Å². The lowest BCUT2D eigenvalue weighted by atomic mass is 10.1. The number of nitrogens with zero attached hydrogens (tertiary/aromatic N) is 2. The van der Waals surface area contributed by atoms with Crippen LogP contribution in [0.2, 0.25) is 0 Å². The van der Waals surface area contributed by atoms with Crippen LogP contribution in [0.4, 0.5) is 0 Å². The predicted octanol–water partition coefficient (Wildman–Crippen LogP) is 0.867. The normalized spacial score (nSPS) is 28.4. The van der Waals surface area contributed by atoms with Gasteiger partial charge in [0.2, 0.25) is 0 Å². The quantitative estimate of drug-likeness (QED) is 0.857. The fraction of sp³-hybridized carbons (Fsp3) is 0.600. The molecule has 2 N–H and O–H groups in total. The molecule has 0 aromatic heterocycles. The first kappa shape index (κ1) is 12.9. The van der Waals surface area contributed by atoms with Gasteiger partial charge in [-0.3, -0.25) is 4.90 Å². The Morgan fingerprint density at radius 3 is 2.63 bits per heavy atom. The second-order valence-corrected chi connectivity index (χ2v) is 5.70. The summed E-state index contributed by atoms with van der Waals surface area (Å²) < 4.78 is 5.31. The van der Waals surface area contributed by atoms with E-state index in [2.05, 4.69) is 29.0 Å². The van der Waals surface area contributed by atoms with Crippen molar-refractivity contribution in [3.63, 3.8) is 0 Å². The van der Waals surface area contributed by atoms with Gasteiger partial charge in [-0.1, -0.05) is 6.07 Å². The van der Waals surface area contributed by atoms with Crippen LogP contribution >= 0.6 is 0 Å². The zero-order valence-corrected chi connectivity index (χ0v) is 11.8. The van der Waals surface area contributed by atoms with Crippen LogP contribution < -0.4 is 10.5 Å². The predicted molar refractivity (Wildman–Crippen MR) is 76.5 cm³/mol. The summed E-state index contributed by atoms with van der Waals surface area (Å²) in [7, 11) is 3.89. The Morgan fingerprint density at radius 1 is 1.21 bits per heavy atom. The van der Waals surface area contributed by atoms with Crippen LogP contribution in [0.1, 0.15) is 17.2 Å². The van der Waals surface area contributed by atoms with E-state index in [-0.39, 0.29) is 6.04 Å². The number of methoxy groups -OCH3 is 1. The van der Waals surface area contributed by atoms with E-state index in [0.717, 1.165) is 38.3 Å². The molecule has 2 aliphatic rings. The average molecular weight is 261 g/mol. The molecule has 104 valence electrons. The molecule has 1 aliphatic heterocycles. The third-order valence-electron chi connectivity index (χ3n) is 4.56.